The van der Waals surface area contributed by atoms with Crippen molar-refractivity contribution >= 4 is 27.5 Å². The molecule has 3 N–H and O–H groups in total. The molecule has 0 atom stereocenters. The SMILES string of the molecule is CC1(NC(=O)c2cc(N)c(F)cc2Br)CCC1. The molecular formula is C12H14BrFN2O. The van der Waals surface area contributed by atoms with Crippen LogP contribution >= 0.6 is 15.9 Å². The highest BCUT2D eigenvalue weighted by molar-refractivity contribution is 9.10. The second-order valence-electron chi connectivity index (χ2n) is 4.72. The molecule has 3 nitrogen and oxygen atoms in total. The Morgan fingerprint density at radius 2 is 2.18 bits per heavy atom. The minimum atomic E-state index is -0.525. The van der Waals surface area contributed by atoms with Crippen molar-refractivity contribution in [1.29, 1.82) is 0 Å². The fourth-order valence-corrected chi connectivity index (χ4v) is 2.41. The lowest BCUT2D eigenvalue weighted by Gasteiger charge is -2.39. The number of halogens is 2. The van der Waals surface area contributed by atoms with Gasteiger partial charge in [0.05, 0.1) is 11.3 Å². The number of carbonyl (C=O) groups excluding carboxylic acids is 1. The van der Waals surface area contributed by atoms with E-state index in [0.29, 0.717) is 10.0 Å². The second-order valence-corrected chi connectivity index (χ2v) is 5.58. The molecule has 1 aliphatic rings. The van der Waals surface area contributed by atoms with Crippen molar-refractivity contribution in [3.05, 3.63) is 28.0 Å². The molecule has 0 unspecified atom stereocenters. The maximum Gasteiger partial charge on any atom is 0.252 e. The van der Waals surface area contributed by atoms with Gasteiger partial charge in [0.2, 0.25) is 0 Å². The first-order valence-corrected chi connectivity index (χ1v) is 6.28. The summed E-state index contributed by atoms with van der Waals surface area (Å²) in [5, 5.41) is 2.95. The summed E-state index contributed by atoms with van der Waals surface area (Å²) in [5.74, 6) is -0.742. The number of anilines is 1. The van der Waals surface area contributed by atoms with Gasteiger partial charge in [-0.05, 0) is 54.2 Å². The third-order valence-electron chi connectivity index (χ3n) is 3.20. The number of hydrogen-bond acceptors (Lipinski definition) is 2. The van der Waals surface area contributed by atoms with Gasteiger partial charge in [-0.1, -0.05) is 0 Å². The zero-order valence-corrected chi connectivity index (χ0v) is 11.1. The number of amides is 1. The monoisotopic (exact) mass is 300 g/mol. The molecule has 0 spiro atoms. The highest BCUT2D eigenvalue weighted by Gasteiger charge is 2.33. The van der Waals surface area contributed by atoms with E-state index in [0.717, 1.165) is 19.3 Å². The summed E-state index contributed by atoms with van der Waals surface area (Å²) in [6.07, 6.45) is 3.09. The van der Waals surface area contributed by atoms with Crippen LogP contribution < -0.4 is 11.1 Å². The molecule has 1 aromatic rings. The van der Waals surface area contributed by atoms with E-state index in [1.54, 1.807) is 0 Å². The van der Waals surface area contributed by atoms with E-state index in [2.05, 4.69) is 21.2 Å². The van der Waals surface area contributed by atoms with Crippen LogP contribution in [-0.4, -0.2) is 11.4 Å². The Labute approximate surface area is 108 Å². The first-order valence-electron chi connectivity index (χ1n) is 5.48. The van der Waals surface area contributed by atoms with Crippen LogP contribution in [0.25, 0.3) is 0 Å². The third kappa shape index (κ3) is 2.44. The Kier molecular flexibility index (Phi) is 3.12. The summed E-state index contributed by atoms with van der Waals surface area (Å²) >= 11 is 3.17. The number of nitrogens with two attached hydrogens (primary N) is 1. The molecule has 92 valence electrons. The summed E-state index contributed by atoms with van der Waals surface area (Å²) in [6, 6.07) is 2.57. The van der Waals surface area contributed by atoms with Crippen molar-refractivity contribution in [1.82, 2.24) is 5.32 Å². The molecule has 1 aromatic carbocycles. The Bertz CT molecular complexity index is 472. The lowest BCUT2D eigenvalue weighted by molar-refractivity contribution is 0.0849. The molecule has 1 aliphatic carbocycles. The number of carbonyl (C=O) groups is 1. The minimum absolute atomic E-state index is 0.0166. The second kappa shape index (κ2) is 4.29. The lowest BCUT2D eigenvalue weighted by atomic mass is 9.78. The first-order chi connectivity index (χ1) is 7.91. The normalized spacial score (nSPS) is 17.4. The fraction of sp³-hybridized carbons (Fsp3) is 0.417. The summed E-state index contributed by atoms with van der Waals surface area (Å²) < 4.78 is 13.6. The van der Waals surface area contributed by atoms with Crippen LogP contribution in [0.2, 0.25) is 0 Å². The number of hydrogen-bond donors (Lipinski definition) is 2. The molecular weight excluding hydrogens is 287 g/mol. The van der Waals surface area contributed by atoms with Crippen molar-refractivity contribution in [3.63, 3.8) is 0 Å². The molecule has 1 amide bonds. The van der Waals surface area contributed by atoms with Crippen LogP contribution in [0.4, 0.5) is 10.1 Å². The standard InChI is InChI=1S/C12H14BrFN2O/c1-12(3-2-4-12)16-11(17)7-5-10(15)9(14)6-8(7)13/h5-6H,2-4,15H2,1H3,(H,16,17). The van der Waals surface area contributed by atoms with Gasteiger partial charge in [0.25, 0.3) is 5.91 Å². The van der Waals surface area contributed by atoms with Crippen molar-refractivity contribution in [3.8, 4) is 0 Å². The Balaban J connectivity index is 2.22. The minimum Gasteiger partial charge on any atom is -0.396 e. The van der Waals surface area contributed by atoms with Crippen molar-refractivity contribution in [2.75, 3.05) is 5.73 Å². The quantitative estimate of drug-likeness (QED) is 0.825. The van der Waals surface area contributed by atoms with Crippen molar-refractivity contribution < 1.29 is 9.18 Å². The van der Waals surface area contributed by atoms with E-state index in [1.165, 1.54) is 12.1 Å². The average Bonchev–Trinajstić information content (AvgIpc) is 2.21. The highest BCUT2D eigenvalue weighted by atomic mass is 79.9. The van der Waals surface area contributed by atoms with Crippen LogP contribution in [0.5, 0.6) is 0 Å². The fourth-order valence-electron chi connectivity index (χ4n) is 1.91. The zero-order chi connectivity index (χ0) is 12.6. The van der Waals surface area contributed by atoms with E-state index in [9.17, 15) is 9.18 Å². The van der Waals surface area contributed by atoms with Crippen molar-refractivity contribution in [2.24, 2.45) is 0 Å². The number of rotatable bonds is 2. The van der Waals surface area contributed by atoms with Gasteiger partial charge in [0, 0.05) is 10.0 Å². The van der Waals surface area contributed by atoms with Crippen LogP contribution in [0.3, 0.4) is 0 Å². The third-order valence-corrected chi connectivity index (χ3v) is 3.86. The van der Waals surface area contributed by atoms with E-state index >= 15 is 0 Å². The number of benzene rings is 1. The molecule has 0 aliphatic heterocycles. The summed E-state index contributed by atoms with van der Waals surface area (Å²) in [5.41, 5.74) is 5.69. The predicted molar refractivity (Wildman–Crippen MR) is 68.2 cm³/mol. The molecule has 17 heavy (non-hydrogen) atoms. The number of nitrogen functional groups attached to an aromatic ring is 1. The van der Waals surface area contributed by atoms with Crippen LogP contribution in [0.1, 0.15) is 36.5 Å². The van der Waals surface area contributed by atoms with Gasteiger partial charge in [0.1, 0.15) is 5.82 Å². The van der Waals surface area contributed by atoms with Crippen LogP contribution in [0, 0.1) is 5.82 Å². The van der Waals surface area contributed by atoms with Gasteiger partial charge < -0.3 is 11.1 Å². The molecule has 0 bridgehead atoms. The Hall–Kier alpha value is -1.10. The molecule has 1 fully saturated rings. The van der Waals surface area contributed by atoms with Crippen molar-refractivity contribution in [2.45, 2.75) is 31.7 Å². The molecule has 0 heterocycles. The lowest BCUT2D eigenvalue weighted by Crippen LogP contribution is -2.51. The van der Waals surface area contributed by atoms with Gasteiger partial charge in [-0.15, -0.1) is 0 Å². The summed E-state index contributed by atoms with van der Waals surface area (Å²) in [7, 11) is 0. The highest BCUT2D eigenvalue weighted by Crippen LogP contribution is 2.32. The smallest absolute Gasteiger partial charge is 0.252 e. The van der Waals surface area contributed by atoms with E-state index in [-0.39, 0.29) is 17.1 Å². The largest absolute Gasteiger partial charge is 0.396 e. The summed E-state index contributed by atoms with van der Waals surface area (Å²) in [6.45, 7) is 2.01. The average molecular weight is 301 g/mol. The molecule has 5 heteroatoms. The molecule has 0 aromatic heterocycles. The summed E-state index contributed by atoms with van der Waals surface area (Å²) in [4.78, 5) is 12.0. The van der Waals surface area contributed by atoms with E-state index in [1.807, 2.05) is 6.92 Å². The number of nitrogens with one attached hydrogen (secondary N) is 1. The van der Waals surface area contributed by atoms with Crippen LogP contribution in [0.15, 0.2) is 16.6 Å². The Morgan fingerprint density at radius 3 is 2.71 bits per heavy atom. The topological polar surface area (TPSA) is 55.1 Å². The molecule has 0 saturated heterocycles. The van der Waals surface area contributed by atoms with Gasteiger partial charge in [0.15, 0.2) is 0 Å². The zero-order valence-electron chi connectivity index (χ0n) is 9.52. The molecule has 0 radical (unpaired) electrons. The Morgan fingerprint density at radius 1 is 1.53 bits per heavy atom. The molecule has 2 rings (SSSR count). The van der Waals surface area contributed by atoms with E-state index in [4.69, 9.17) is 5.73 Å². The van der Waals surface area contributed by atoms with Crippen LogP contribution in [-0.2, 0) is 0 Å². The first kappa shape index (κ1) is 12.4. The maximum atomic E-state index is 13.2. The predicted octanol–water partition coefficient (Wildman–Crippen LogP) is 2.84. The van der Waals surface area contributed by atoms with Gasteiger partial charge in [-0.2, -0.15) is 0 Å². The van der Waals surface area contributed by atoms with Gasteiger partial charge >= 0.3 is 0 Å². The van der Waals surface area contributed by atoms with E-state index < -0.39 is 5.82 Å². The van der Waals surface area contributed by atoms with Gasteiger partial charge in [-0.3, -0.25) is 4.79 Å². The maximum absolute atomic E-state index is 13.2. The van der Waals surface area contributed by atoms with Gasteiger partial charge in [-0.25, -0.2) is 4.39 Å². The molecule has 1 saturated carbocycles.